The molecular weight excluding hydrogens is 352 g/mol. The van der Waals surface area contributed by atoms with Gasteiger partial charge in [0.25, 0.3) is 5.91 Å². The highest BCUT2D eigenvalue weighted by Gasteiger charge is 2.18. The molecule has 1 fully saturated rings. The molecule has 1 aromatic carbocycles. The van der Waals surface area contributed by atoms with E-state index in [-0.39, 0.29) is 29.0 Å². The van der Waals surface area contributed by atoms with Crippen LogP contribution in [-0.2, 0) is 6.54 Å². The van der Waals surface area contributed by atoms with E-state index in [2.05, 4.69) is 22.1 Å². The van der Waals surface area contributed by atoms with E-state index in [9.17, 15) is 15.0 Å². The monoisotopic (exact) mass is 372 g/mol. The zero-order valence-corrected chi connectivity index (χ0v) is 15.0. The zero-order valence-electron chi connectivity index (χ0n) is 14.2. The van der Waals surface area contributed by atoms with Crippen molar-refractivity contribution in [3.05, 3.63) is 36.4 Å². The molecule has 0 bridgehead atoms. The molecule has 3 N–H and O–H groups in total. The minimum Gasteiger partial charge on any atom is -0.494 e. The number of hydrogen-bond acceptors (Lipinski definition) is 4. The van der Waals surface area contributed by atoms with E-state index in [0.717, 1.165) is 25.7 Å². The van der Waals surface area contributed by atoms with Gasteiger partial charge in [-0.1, -0.05) is 18.9 Å². The van der Waals surface area contributed by atoms with Gasteiger partial charge in [0.05, 0.1) is 0 Å². The number of nitrogens with zero attached hydrogens (tertiary/aromatic N) is 3. The van der Waals surface area contributed by atoms with Crippen molar-refractivity contribution in [3.8, 4) is 11.8 Å². The van der Waals surface area contributed by atoms with Crippen LogP contribution in [0.2, 0.25) is 0 Å². The van der Waals surface area contributed by atoms with Crippen LogP contribution in [-0.4, -0.2) is 31.8 Å². The van der Waals surface area contributed by atoms with Gasteiger partial charge in [-0.05, 0) is 43.3 Å². The zero-order chi connectivity index (χ0) is 18.7. The summed E-state index contributed by atoms with van der Waals surface area (Å²) in [5.41, 5.74) is 0.246. The van der Waals surface area contributed by atoms with Crippen molar-refractivity contribution in [2.45, 2.75) is 38.3 Å². The van der Waals surface area contributed by atoms with E-state index in [0.29, 0.717) is 16.8 Å². The number of azo groups is 1. The molecule has 7 nitrogen and oxygen atoms in total. The molecule has 1 aliphatic carbocycles. The third-order valence-electron chi connectivity index (χ3n) is 4.49. The molecule has 8 heteroatoms. The van der Waals surface area contributed by atoms with Crippen LogP contribution in [0.5, 0.6) is 11.8 Å². The first kappa shape index (κ1) is 18.1. The normalized spacial score (nSPS) is 14.9. The number of allylic oxidation sites excluding steroid dienone is 1. The second kappa shape index (κ2) is 7.65. The SMILES string of the molecule is C=CCn1c(O)c2ccc(C(=O)N=NC(=S)NC3CCCC3)cc2c1O. The summed E-state index contributed by atoms with van der Waals surface area (Å²) in [6.45, 7) is 3.84. The molecular formula is C18H20N4O3S. The van der Waals surface area contributed by atoms with E-state index in [1.54, 1.807) is 12.1 Å². The van der Waals surface area contributed by atoms with E-state index >= 15 is 0 Å². The van der Waals surface area contributed by atoms with Crippen LogP contribution in [0.3, 0.4) is 0 Å². The Morgan fingerprint density at radius 1 is 1.27 bits per heavy atom. The quantitative estimate of drug-likeness (QED) is 0.432. The molecule has 1 saturated carbocycles. The molecule has 1 heterocycles. The molecule has 26 heavy (non-hydrogen) atoms. The van der Waals surface area contributed by atoms with Crippen LogP contribution >= 0.6 is 12.2 Å². The Balaban J connectivity index is 1.77. The fourth-order valence-corrected chi connectivity index (χ4v) is 3.38. The van der Waals surface area contributed by atoms with Gasteiger partial charge in [0, 0.05) is 28.9 Å². The topological polar surface area (TPSA) is 99.2 Å². The first-order valence-corrected chi connectivity index (χ1v) is 8.83. The summed E-state index contributed by atoms with van der Waals surface area (Å²) in [6, 6.07) is 4.85. The van der Waals surface area contributed by atoms with Crippen molar-refractivity contribution < 1.29 is 15.0 Å². The lowest BCUT2D eigenvalue weighted by Crippen LogP contribution is -2.29. The predicted molar refractivity (Wildman–Crippen MR) is 103 cm³/mol. The van der Waals surface area contributed by atoms with Crippen molar-refractivity contribution in [2.24, 2.45) is 10.2 Å². The van der Waals surface area contributed by atoms with Crippen molar-refractivity contribution in [1.82, 2.24) is 9.88 Å². The van der Waals surface area contributed by atoms with E-state index < -0.39 is 5.91 Å². The fourth-order valence-electron chi connectivity index (χ4n) is 3.17. The van der Waals surface area contributed by atoms with Crippen LogP contribution in [0.4, 0.5) is 0 Å². The number of fused-ring (bicyclic) bond motifs is 1. The molecule has 0 radical (unpaired) electrons. The number of carbonyl (C=O) groups is 1. The Bertz CT molecular complexity index is 897. The average Bonchev–Trinajstić information content (AvgIpc) is 3.22. The van der Waals surface area contributed by atoms with E-state index in [4.69, 9.17) is 12.2 Å². The molecule has 1 amide bonds. The summed E-state index contributed by atoms with van der Waals surface area (Å²) in [5, 5.41) is 31.9. The number of aromatic nitrogens is 1. The Morgan fingerprint density at radius 3 is 2.65 bits per heavy atom. The van der Waals surface area contributed by atoms with Gasteiger partial charge >= 0.3 is 0 Å². The molecule has 0 unspecified atom stereocenters. The summed E-state index contributed by atoms with van der Waals surface area (Å²) in [6.07, 6.45) is 5.97. The molecule has 0 saturated heterocycles. The molecule has 3 rings (SSSR count). The maximum atomic E-state index is 12.2. The lowest BCUT2D eigenvalue weighted by Gasteiger charge is -2.09. The van der Waals surface area contributed by atoms with Crippen LogP contribution in [0.25, 0.3) is 10.8 Å². The minimum atomic E-state index is -0.571. The molecule has 2 aromatic rings. The second-order valence-corrected chi connectivity index (χ2v) is 6.63. The van der Waals surface area contributed by atoms with Gasteiger partial charge in [-0.3, -0.25) is 9.36 Å². The Hall–Kier alpha value is -2.74. The van der Waals surface area contributed by atoms with Crippen molar-refractivity contribution in [3.63, 3.8) is 0 Å². The number of aromatic hydroxyl groups is 2. The van der Waals surface area contributed by atoms with Crippen LogP contribution in [0, 0.1) is 0 Å². The van der Waals surface area contributed by atoms with E-state index in [1.807, 2.05) is 0 Å². The number of thiocarbonyl (C=S) groups is 1. The van der Waals surface area contributed by atoms with Gasteiger partial charge in [0.1, 0.15) is 0 Å². The van der Waals surface area contributed by atoms with Gasteiger partial charge in [-0.15, -0.1) is 16.8 Å². The number of amides is 1. The predicted octanol–water partition coefficient (Wildman–Crippen LogP) is 3.65. The third-order valence-corrected chi connectivity index (χ3v) is 4.69. The third kappa shape index (κ3) is 3.60. The van der Waals surface area contributed by atoms with Crippen LogP contribution < -0.4 is 5.32 Å². The number of nitrogens with one attached hydrogen (secondary N) is 1. The van der Waals surface area contributed by atoms with Gasteiger partial charge in [-0.25, -0.2) is 0 Å². The lowest BCUT2D eigenvalue weighted by atomic mass is 10.1. The maximum absolute atomic E-state index is 12.2. The van der Waals surface area contributed by atoms with Gasteiger partial charge < -0.3 is 15.5 Å². The number of rotatable bonds is 4. The van der Waals surface area contributed by atoms with Crippen LogP contribution in [0.15, 0.2) is 41.1 Å². The van der Waals surface area contributed by atoms with Crippen LogP contribution in [0.1, 0.15) is 36.0 Å². The standard InChI is InChI=1S/C18H20N4O3S/c1-2-9-22-16(24)13-8-7-11(10-14(13)17(22)25)15(23)20-21-18(26)19-12-5-3-4-6-12/h2,7-8,10,12,24-25H,1,3-6,9H2,(H,19,26). The Labute approximate surface area is 156 Å². The Kier molecular flexibility index (Phi) is 5.32. The summed E-state index contributed by atoms with van der Waals surface area (Å²) >= 11 is 5.10. The van der Waals surface area contributed by atoms with E-state index in [1.165, 1.54) is 16.7 Å². The van der Waals surface area contributed by atoms with Crippen molar-refractivity contribution in [1.29, 1.82) is 0 Å². The average molecular weight is 372 g/mol. The smallest absolute Gasteiger partial charge is 0.295 e. The summed E-state index contributed by atoms with van der Waals surface area (Å²) in [4.78, 5) is 12.2. The summed E-state index contributed by atoms with van der Waals surface area (Å²) in [7, 11) is 0. The molecule has 0 aliphatic heterocycles. The first-order valence-electron chi connectivity index (χ1n) is 8.43. The van der Waals surface area contributed by atoms with Gasteiger partial charge in [-0.2, -0.15) is 0 Å². The highest BCUT2D eigenvalue weighted by atomic mass is 32.1. The highest BCUT2D eigenvalue weighted by Crippen LogP contribution is 2.36. The first-order chi connectivity index (χ1) is 12.5. The number of carbonyl (C=O) groups excluding carboxylic acids is 1. The molecule has 0 atom stereocenters. The van der Waals surface area contributed by atoms with Gasteiger partial charge in [0.2, 0.25) is 16.9 Å². The van der Waals surface area contributed by atoms with Crippen molar-refractivity contribution >= 4 is 34.0 Å². The molecule has 1 aliphatic rings. The minimum absolute atomic E-state index is 0.0834. The molecule has 136 valence electrons. The maximum Gasteiger partial charge on any atom is 0.295 e. The van der Waals surface area contributed by atoms with Gasteiger partial charge in [0.15, 0.2) is 0 Å². The highest BCUT2D eigenvalue weighted by molar-refractivity contribution is 7.80. The largest absolute Gasteiger partial charge is 0.494 e. The fraction of sp³-hybridized carbons (Fsp3) is 0.333. The summed E-state index contributed by atoms with van der Waals surface area (Å²) < 4.78 is 1.30. The second-order valence-electron chi connectivity index (χ2n) is 6.24. The molecule has 1 aromatic heterocycles. The number of benzene rings is 1. The van der Waals surface area contributed by atoms with Crippen molar-refractivity contribution in [2.75, 3.05) is 0 Å². The number of hydrogen-bond donors (Lipinski definition) is 3. The summed E-state index contributed by atoms with van der Waals surface area (Å²) in [5.74, 6) is -0.791. The molecule has 0 spiro atoms. The lowest BCUT2D eigenvalue weighted by molar-refractivity contribution is 0.0995. The Morgan fingerprint density at radius 2 is 1.96 bits per heavy atom.